The number of aryl methyl sites for hydroxylation is 1. The molecule has 1 aromatic carbocycles. The van der Waals surface area contributed by atoms with Crippen molar-refractivity contribution in [2.24, 2.45) is 0 Å². The van der Waals surface area contributed by atoms with Crippen molar-refractivity contribution in [1.82, 2.24) is 19.7 Å². The number of aromatic nitrogens is 4. The van der Waals surface area contributed by atoms with Crippen LogP contribution in [0.2, 0.25) is 0 Å². The Labute approximate surface area is 138 Å². The summed E-state index contributed by atoms with van der Waals surface area (Å²) in [6.45, 7) is 3.26. The second-order valence-corrected chi connectivity index (χ2v) is 8.01. The molecule has 1 unspecified atom stereocenters. The summed E-state index contributed by atoms with van der Waals surface area (Å²) in [5.41, 5.74) is 1.09. The van der Waals surface area contributed by atoms with Gasteiger partial charge in [0, 0.05) is 13.0 Å². The highest BCUT2D eigenvalue weighted by Crippen LogP contribution is 2.38. The van der Waals surface area contributed by atoms with Crippen LogP contribution in [0.15, 0.2) is 29.4 Å². The van der Waals surface area contributed by atoms with Gasteiger partial charge in [-0.25, -0.2) is 4.98 Å². The summed E-state index contributed by atoms with van der Waals surface area (Å²) in [6.07, 6.45) is 4.81. The maximum absolute atomic E-state index is 4.76. The lowest BCUT2D eigenvalue weighted by atomic mass is 10.2. The minimum atomic E-state index is 0.300. The van der Waals surface area contributed by atoms with Crippen LogP contribution < -0.4 is 0 Å². The van der Waals surface area contributed by atoms with E-state index in [1.54, 1.807) is 23.1 Å². The predicted octanol–water partition coefficient (Wildman–Crippen LogP) is 4.47. The lowest BCUT2D eigenvalue weighted by Gasteiger charge is -2.09. The van der Waals surface area contributed by atoms with Crippen LogP contribution in [0.4, 0.5) is 0 Å². The minimum Gasteiger partial charge on any atom is -0.306 e. The number of thioether (sulfide) groups is 1. The summed E-state index contributed by atoms with van der Waals surface area (Å²) in [4.78, 5) is 4.76. The van der Waals surface area contributed by atoms with Crippen LogP contribution in [0, 0.1) is 0 Å². The van der Waals surface area contributed by atoms with Crippen molar-refractivity contribution in [3.05, 3.63) is 35.1 Å². The topological polar surface area (TPSA) is 43.6 Å². The quantitative estimate of drug-likeness (QED) is 0.665. The van der Waals surface area contributed by atoms with E-state index in [0.29, 0.717) is 5.25 Å². The van der Waals surface area contributed by atoms with Gasteiger partial charge in [-0.1, -0.05) is 30.3 Å². The third kappa shape index (κ3) is 2.65. The van der Waals surface area contributed by atoms with Gasteiger partial charge < -0.3 is 4.57 Å². The van der Waals surface area contributed by atoms with Gasteiger partial charge in [0.15, 0.2) is 5.16 Å². The van der Waals surface area contributed by atoms with Crippen molar-refractivity contribution >= 4 is 33.3 Å². The van der Waals surface area contributed by atoms with Crippen molar-refractivity contribution in [1.29, 1.82) is 0 Å². The van der Waals surface area contributed by atoms with Crippen molar-refractivity contribution in [2.75, 3.05) is 0 Å². The molecule has 1 aliphatic heterocycles. The van der Waals surface area contributed by atoms with Gasteiger partial charge in [-0.3, -0.25) is 0 Å². The third-order valence-electron chi connectivity index (χ3n) is 4.02. The van der Waals surface area contributed by atoms with Gasteiger partial charge in [-0.15, -0.1) is 21.5 Å². The Bertz CT molecular complexity index is 759. The SMILES string of the molecule is CC(Sc1nnc2n1CCCCC2)c1nc2ccccc2s1. The van der Waals surface area contributed by atoms with Crippen molar-refractivity contribution in [2.45, 2.75) is 49.6 Å². The maximum atomic E-state index is 4.76. The molecule has 3 heterocycles. The summed E-state index contributed by atoms with van der Waals surface area (Å²) in [7, 11) is 0. The molecule has 4 rings (SSSR count). The number of nitrogens with zero attached hydrogens (tertiary/aromatic N) is 4. The molecular formula is C16H18N4S2. The zero-order valence-corrected chi connectivity index (χ0v) is 14.2. The van der Waals surface area contributed by atoms with Crippen LogP contribution in [-0.2, 0) is 13.0 Å². The highest BCUT2D eigenvalue weighted by atomic mass is 32.2. The van der Waals surface area contributed by atoms with E-state index in [4.69, 9.17) is 4.98 Å². The van der Waals surface area contributed by atoms with E-state index in [-0.39, 0.29) is 0 Å². The standard InChI is InChI=1S/C16H18N4S2/c1-11(15-17-12-7-4-5-8-13(12)22-15)21-16-19-18-14-9-3-2-6-10-20(14)16/h4-5,7-8,11H,2-3,6,9-10H2,1H3. The van der Waals surface area contributed by atoms with E-state index >= 15 is 0 Å². The van der Waals surface area contributed by atoms with E-state index in [2.05, 4.69) is 39.9 Å². The first-order valence-electron chi connectivity index (χ1n) is 7.75. The first-order chi connectivity index (χ1) is 10.8. The molecule has 0 amide bonds. The Morgan fingerprint density at radius 1 is 1.18 bits per heavy atom. The molecule has 4 nitrogen and oxygen atoms in total. The number of fused-ring (bicyclic) bond motifs is 2. The minimum absolute atomic E-state index is 0.300. The summed E-state index contributed by atoms with van der Waals surface area (Å²) >= 11 is 3.56. The number of hydrogen-bond acceptors (Lipinski definition) is 5. The van der Waals surface area contributed by atoms with Crippen molar-refractivity contribution in [3.63, 3.8) is 0 Å². The molecule has 2 aromatic heterocycles. The Balaban J connectivity index is 1.59. The number of thiazole rings is 1. The molecule has 114 valence electrons. The van der Waals surface area contributed by atoms with Crippen LogP contribution in [0.3, 0.4) is 0 Å². The molecule has 22 heavy (non-hydrogen) atoms. The van der Waals surface area contributed by atoms with Gasteiger partial charge in [-0.05, 0) is 31.9 Å². The molecular weight excluding hydrogens is 312 g/mol. The molecule has 0 spiro atoms. The average molecular weight is 330 g/mol. The fourth-order valence-corrected chi connectivity index (χ4v) is 4.89. The lowest BCUT2D eigenvalue weighted by molar-refractivity contribution is 0.590. The van der Waals surface area contributed by atoms with Crippen LogP contribution in [0.5, 0.6) is 0 Å². The zero-order chi connectivity index (χ0) is 14.9. The van der Waals surface area contributed by atoms with E-state index in [1.165, 1.54) is 24.0 Å². The maximum Gasteiger partial charge on any atom is 0.191 e. The van der Waals surface area contributed by atoms with E-state index in [0.717, 1.165) is 34.5 Å². The lowest BCUT2D eigenvalue weighted by Crippen LogP contribution is -2.03. The van der Waals surface area contributed by atoms with Gasteiger partial charge in [0.1, 0.15) is 10.8 Å². The molecule has 6 heteroatoms. The molecule has 1 atom stereocenters. The zero-order valence-electron chi connectivity index (χ0n) is 12.5. The normalized spacial score (nSPS) is 16.4. The molecule has 0 bridgehead atoms. The second-order valence-electron chi connectivity index (χ2n) is 5.64. The van der Waals surface area contributed by atoms with E-state index in [1.807, 2.05) is 6.07 Å². The Kier molecular flexibility index (Phi) is 3.88. The molecule has 3 aromatic rings. The van der Waals surface area contributed by atoms with Gasteiger partial charge in [0.25, 0.3) is 0 Å². The Morgan fingerprint density at radius 3 is 3.00 bits per heavy atom. The summed E-state index contributed by atoms with van der Waals surface area (Å²) in [5, 5.41) is 11.3. The van der Waals surface area contributed by atoms with Crippen LogP contribution in [0.1, 0.15) is 42.3 Å². The Morgan fingerprint density at radius 2 is 2.09 bits per heavy atom. The fourth-order valence-electron chi connectivity index (χ4n) is 2.82. The molecule has 0 radical (unpaired) electrons. The number of para-hydroxylation sites is 1. The monoisotopic (exact) mass is 330 g/mol. The first-order valence-corrected chi connectivity index (χ1v) is 9.45. The molecule has 0 fully saturated rings. The third-order valence-corrected chi connectivity index (χ3v) is 6.47. The van der Waals surface area contributed by atoms with Crippen molar-refractivity contribution in [3.8, 4) is 0 Å². The number of rotatable bonds is 3. The summed E-state index contributed by atoms with van der Waals surface area (Å²) in [6, 6.07) is 8.33. The van der Waals surface area contributed by atoms with Crippen LogP contribution in [0.25, 0.3) is 10.2 Å². The van der Waals surface area contributed by atoms with Crippen LogP contribution >= 0.6 is 23.1 Å². The molecule has 0 saturated carbocycles. The number of benzene rings is 1. The Hall–Kier alpha value is -1.40. The molecule has 0 N–H and O–H groups in total. The first kappa shape index (κ1) is 14.2. The van der Waals surface area contributed by atoms with Gasteiger partial charge in [0.2, 0.25) is 0 Å². The highest BCUT2D eigenvalue weighted by Gasteiger charge is 2.19. The number of hydrogen-bond donors (Lipinski definition) is 0. The van der Waals surface area contributed by atoms with E-state index in [9.17, 15) is 0 Å². The predicted molar refractivity (Wildman–Crippen MR) is 91.5 cm³/mol. The second kappa shape index (κ2) is 6.01. The van der Waals surface area contributed by atoms with Gasteiger partial charge >= 0.3 is 0 Å². The van der Waals surface area contributed by atoms with Crippen LogP contribution in [-0.4, -0.2) is 19.7 Å². The fraction of sp³-hybridized carbons (Fsp3) is 0.438. The van der Waals surface area contributed by atoms with E-state index < -0.39 is 0 Å². The van der Waals surface area contributed by atoms with Gasteiger partial charge in [-0.2, -0.15) is 0 Å². The smallest absolute Gasteiger partial charge is 0.191 e. The largest absolute Gasteiger partial charge is 0.306 e. The molecule has 0 saturated heterocycles. The van der Waals surface area contributed by atoms with Crippen molar-refractivity contribution < 1.29 is 0 Å². The summed E-state index contributed by atoms with van der Waals surface area (Å²) in [5.74, 6) is 1.15. The molecule has 1 aliphatic rings. The molecule has 0 aliphatic carbocycles. The average Bonchev–Trinajstić information content (AvgIpc) is 3.04. The highest BCUT2D eigenvalue weighted by molar-refractivity contribution is 7.99. The van der Waals surface area contributed by atoms with Gasteiger partial charge in [0.05, 0.1) is 15.5 Å². The summed E-state index contributed by atoms with van der Waals surface area (Å²) < 4.78 is 3.56.